The van der Waals surface area contributed by atoms with Gasteiger partial charge in [0, 0.05) is 0 Å². The maximum atomic E-state index is 7.45. The van der Waals surface area contributed by atoms with Gasteiger partial charge in [-0.25, -0.2) is 0 Å². The predicted molar refractivity (Wildman–Crippen MR) is 15.5 cm³/mol. The first-order valence-corrected chi connectivity index (χ1v) is 1.97. The van der Waals surface area contributed by atoms with Crippen molar-refractivity contribution in [2.24, 2.45) is 5.50 Å². The highest BCUT2D eigenvalue weighted by molar-refractivity contribution is 7.42. The van der Waals surface area contributed by atoms with Gasteiger partial charge in [-0.05, 0) is 0 Å². The topological polar surface area (TPSA) is 66.5 Å². The summed E-state index contributed by atoms with van der Waals surface area (Å²) < 4.78 is 0. The Morgan fingerprint density at radius 3 is 2.00 bits per heavy atom. The van der Waals surface area contributed by atoms with Crippen molar-refractivity contribution in [3.05, 3.63) is 0 Å². The highest BCUT2D eigenvalue weighted by atomic mass is 31.2. The Morgan fingerprint density at radius 2 is 2.00 bits per heavy atom. The summed E-state index contributed by atoms with van der Waals surface area (Å²) in [6.45, 7) is 0. The summed E-state index contributed by atoms with van der Waals surface area (Å²) in [5.41, 5.74) is 4.29. The summed E-state index contributed by atoms with van der Waals surface area (Å²) in [5.74, 6) is 0. The molecular weight excluding hydrogens is 79.0 g/mol. The molecule has 0 saturated carbocycles. The monoisotopic (exact) mass is 83.0 g/mol. The molecule has 0 aromatic rings. The zero-order valence-electron chi connectivity index (χ0n) is 1.92. The first-order valence-electron chi connectivity index (χ1n) is 0.658. The number of nitrogens with two attached hydrogens (primary N) is 1. The van der Waals surface area contributed by atoms with Crippen LogP contribution in [0.5, 0.6) is 0 Å². The molecule has 0 aliphatic heterocycles. The maximum absolute atomic E-state index is 7.45. The Morgan fingerprint density at radius 1 is 2.00 bits per heavy atom. The number of rotatable bonds is 0. The van der Waals surface area contributed by atoms with Crippen molar-refractivity contribution in [3.63, 3.8) is 0 Å². The lowest BCUT2D eigenvalue weighted by Crippen LogP contribution is -1.78. The molecule has 0 aromatic carbocycles. The van der Waals surface area contributed by atoms with E-state index in [0.29, 0.717) is 0 Å². The van der Waals surface area contributed by atoms with Gasteiger partial charge < -0.3 is 9.79 Å². The zero-order valence-corrected chi connectivity index (χ0v) is 2.81. The van der Waals surface area contributed by atoms with Crippen LogP contribution in [0, 0.1) is 0 Å². The van der Waals surface area contributed by atoms with Gasteiger partial charge >= 0.3 is 0 Å². The average Bonchev–Trinajstić information content (AvgIpc) is 0.811. The van der Waals surface area contributed by atoms with E-state index in [-0.39, 0.29) is 0 Å². The van der Waals surface area contributed by atoms with Gasteiger partial charge in [-0.2, -0.15) is 0 Å². The summed E-state index contributed by atoms with van der Waals surface area (Å²) >= 11 is 0. The summed E-state index contributed by atoms with van der Waals surface area (Å²) in [4.78, 5) is 14.9. The van der Waals surface area contributed by atoms with Crippen LogP contribution < -0.4 is 5.50 Å². The van der Waals surface area contributed by atoms with Crippen LogP contribution in [0.2, 0.25) is 0 Å². The van der Waals surface area contributed by atoms with Crippen LogP contribution >= 0.6 is 8.53 Å². The van der Waals surface area contributed by atoms with E-state index in [0.717, 1.165) is 0 Å². The quantitative estimate of drug-likeness (QED) is 0.264. The first kappa shape index (κ1) is 4.31. The van der Waals surface area contributed by atoms with Gasteiger partial charge in [0.25, 0.3) is 0 Å². The van der Waals surface area contributed by atoms with Crippen molar-refractivity contribution in [1.82, 2.24) is 0 Å². The first-order chi connectivity index (χ1) is 1.73. The molecule has 0 radical (unpaired) electrons. The van der Waals surface area contributed by atoms with Crippen molar-refractivity contribution < 1.29 is 9.79 Å². The molecule has 4 N–H and O–H groups in total. The van der Waals surface area contributed by atoms with Crippen molar-refractivity contribution in [3.8, 4) is 0 Å². The zero-order chi connectivity index (χ0) is 3.58. The Bertz CT molecular complexity index is 10.8. The highest BCUT2D eigenvalue weighted by Gasteiger charge is 1.72. The van der Waals surface area contributed by atoms with Crippen LogP contribution in [-0.4, -0.2) is 9.79 Å². The SMILES string of the molecule is NP(O)[18OH]. The minimum Gasteiger partial charge on any atom is -0.338 e. The Labute approximate surface area is 25.0 Å². The lowest BCUT2D eigenvalue weighted by molar-refractivity contribution is 0.485. The van der Waals surface area contributed by atoms with Gasteiger partial charge in [-0.1, -0.05) is 0 Å². The van der Waals surface area contributed by atoms with E-state index < -0.39 is 8.53 Å². The fourth-order valence-corrected chi connectivity index (χ4v) is 0. The second-order valence-corrected chi connectivity index (χ2v) is 0.961. The molecule has 0 fully saturated rings. The van der Waals surface area contributed by atoms with Crippen molar-refractivity contribution >= 4 is 8.53 Å². The van der Waals surface area contributed by atoms with E-state index in [2.05, 4.69) is 5.50 Å². The van der Waals surface area contributed by atoms with Crippen LogP contribution in [0.25, 0.3) is 0 Å². The Hall–Kier alpha value is 0.310. The van der Waals surface area contributed by atoms with Gasteiger partial charge in [-0.3, -0.25) is 5.50 Å². The lowest BCUT2D eigenvalue weighted by atomic mass is 13.9. The van der Waals surface area contributed by atoms with Crippen LogP contribution in [0.1, 0.15) is 0 Å². The molecule has 4 heavy (non-hydrogen) atoms. The third-order valence-corrected chi connectivity index (χ3v) is 0. The van der Waals surface area contributed by atoms with Gasteiger partial charge in [0.2, 0.25) is 8.53 Å². The summed E-state index contributed by atoms with van der Waals surface area (Å²) in [5, 5.41) is 0. The second-order valence-electron chi connectivity index (χ2n) is 0.320. The van der Waals surface area contributed by atoms with Crippen LogP contribution in [0.15, 0.2) is 0 Å². The third kappa shape index (κ3) is 41.3. The Balaban J connectivity index is 2.32. The maximum Gasteiger partial charge on any atom is 0.247 e. The molecule has 0 spiro atoms. The van der Waals surface area contributed by atoms with E-state index in [1.54, 1.807) is 0 Å². The summed E-state index contributed by atoms with van der Waals surface area (Å²) in [6.07, 6.45) is 0. The van der Waals surface area contributed by atoms with Gasteiger partial charge in [-0.15, -0.1) is 0 Å². The van der Waals surface area contributed by atoms with E-state index in [1.807, 2.05) is 0 Å². The van der Waals surface area contributed by atoms with E-state index >= 15 is 0 Å². The standard InChI is InChI=1S/H4NO2P/c1-4(2)3/h2-3H,1H2/i2+2. The summed E-state index contributed by atoms with van der Waals surface area (Å²) in [6, 6.07) is 0. The summed E-state index contributed by atoms with van der Waals surface area (Å²) in [7, 11) is -2.12. The molecule has 1 atom stereocenters. The number of hydrogen-bond donors (Lipinski definition) is 3. The van der Waals surface area contributed by atoms with E-state index in [1.165, 1.54) is 0 Å². The normalized spacial score (nSPS) is 15.8. The Kier molecular flexibility index (Phi) is 1.74. The molecule has 0 aliphatic rings. The van der Waals surface area contributed by atoms with Crippen molar-refractivity contribution in [1.29, 1.82) is 0 Å². The molecule has 0 saturated heterocycles. The fraction of sp³-hybridized carbons (Fsp3) is 0. The molecule has 3 nitrogen and oxygen atoms in total. The molecule has 0 amide bonds. The van der Waals surface area contributed by atoms with Crippen LogP contribution in [-0.2, 0) is 0 Å². The van der Waals surface area contributed by atoms with Crippen molar-refractivity contribution in [2.45, 2.75) is 0 Å². The van der Waals surface area contributed by atoms with Crippen LogP contribution in [0.4, 0.5) is 0 Å². The molecule has 0 bridgehead atoms. The molecule has 4 heteroatoms. The minimum atomic E-state index is -2.12. The molecule has 0 aromatic heterocycles. The second kappa shape index (κ2) is 1.61. The smallest absolute Gasteiger partial charge is 0.247 e. The van der Waals surface area contributed by atoms with Crippen LogP contribution in [0.3, 0.4) is 0 Å². The highest BCUT2D eigenvalue weighted by Crippen LogP contribution is 2.05. The largest absolute Gasteiger partial charge is 0.338 e. The predicted octanol–water partition coefficient (Wildman–Crippen LogP) is -0.843. The van der Waals surface area contributed by atoms with Crippen molar-refractivity contribution in [2.75, 3.05) is 0 Å². The van der Waals surface area contributed by atoms with Gasteiger partial charge in [0.15, 0.2) is 0 Å². The molecule has 0 heterocycles. The molecule has 0 aliphatic carbocycles. The molecule has 26 valence electrons. The van der Waals surface area contributed by atoms with E-state index in [4.69, 9.17) is 9.79 Å². The molecule has 1 unspecified atom stereocenters. The fourth-order valence-electron chi connectivity index (χ4n) is 0. The van der Waals surface area contributed by atoms with Gasteiger partial charge in [0.1, 0.15) is 0 Å². The third-order valence-electron chi connectivity index (χ3n) is 0. The van der Waals surface area contributed by atoms with E-state index in [9.17, 15) is 0 Å². The molecule has 0 rings (SSSR count). The minimum absolute atomic E-state index is 2.12. The lowest BCUT2D eigenvalue weighted by Gasteiger charge is -1.79. The average molecular weight is 83.0 g/mol. The molecular formula is H4NO2P. The number of hydrogen-bond acceptors (Lipinski definition) is 3. The van der Waals surface area contributed by atoms with Gasteiger partial charge in [0.05, 0.1) is 0 Å².